The average molecular weight is 194 g/mol. The zero-order chi connectivity index (χ0) is 10.7. The summed E-state index contributed by atoms with van der Waals surface area (Å²) in [6.45, 7) is 5.89. The highest BCUT2D eigenvalue weighted by Crippen LogP contribution is 2.23. The van der Waals surface area contributed by atoms with E-state index in [4.69, 9.17) is 4.74 Å². The highest BCUT2D eigenvalue weighted by atomic mass is 16.5. The van der Waals surface area contributed by atoms with Crippen molar-refractivity contribution in [3.8, 4) is 0 Å². The van der Waals surface area contributed by atoms with Crippen LogP contribution in [-0.4, -0.2) is 18.3 Å². The van der Waals surface area contributed by atoms with E-state index in [1.165, 1.54) is 0 Å². The number of methoxy groups -OCH3 is 1. The van der Waals surface area contributed by atoms with Gasteiger partial charge in [0.25, 0.3) is 0 Å². The first-order valence-electron chi connectivity index (χ1n) is 4.84. The summed E-state index contributed by atoms with van der Waals surface area (Å²) >= 11 is 0. The van der Waals surface area contributed by atoms with E-state index in [9.17, 15) is 5.11 Å². The standard InChI is InChI=1S/C12H18O2/c1-8-5-6-9(2)11(7-8)12(13)10(3)14-4/h5-7,10,12-13H,1-4H3. The van der Waals surface area contributed by atoms with Crippen LogP contribution in [0.15, 0.2) is 18.2 Å². The van der Waals surface area contributed by atoms with E-state index in [1.54, 1.807) is 7.11 Å². The molecule has 0 spiro atoms. The smallest absolute Gasteiger partial charge is 0.105 e. The molecule has 1 N–H and O–H groups in total. The topological polar surface area (TPSA) is 29.5 Å². The van der Waals surface area contributed by atoms with E-state index in [-0.39, 0.29) is 6.10 Å². The van der Waals surface area contributed by atoms with Crippen molar-refractivity contribution in [2.24, 2.45) is 0 Å². The largest absolute Gasteiger partial charge is 0.386 e. The third kappa shape index (κ3) is 2.34. The van der Waals surface area contributed by atoms with E-state index >= 15 is 0 Å². The number of benzene rings is 1. The van der Waals surface area contributed by atoms with E-state index in [1.807, 2.05) is 39.0 Å². The van der Waals surface area contributed by atoms with E-state index in [0.29, 0.717) is 0 Å². The number of aliphatic hydroxyl groups is 1. The Morgan fingerprint density at radius 2 is 1.93 bits per heavy atom. The Bertz CT molecular complexity index is 307. The molecule has 14 heavy (non-hydrogen) atoms. The molecule has 0 heterocycles. The second-order valence-electron chi connectivity index (χ2n) is 3.75. The maximum atomic E-state index is 9.97. The molecule has 2 unspecified atom stereocenters. The molecule has 0 fully saturated rings. The second-order valence-corrected chi connectivity index (χ2v) is 3.75. The van der Waals surface area contributed by atoms with Crippen molar-refractivity contribution >= 4 is 0 Å². The first kappa shape index (κ1) is 11.2. The molecule has 0 aliphatic rings. The summed E-state index contributed by atoms with van der Waals surface area (Å²) in [6, 6.07) is 6.08. The average Bonchev–Trinajstić information content (AvgIpc) is 2.19. The molecular weight excluding hydrogens is 176 g/mol. The lowest BCUT2D eigenvalue weighted by molar-refractivity contribution is -0.00175. The summed E-state index contributed by atoms with van der Waals surface area (Å²) in [4.78, 5) is 0. The molecule has 2 heteroatoms. The second kappa shape index (κ2) is 4.58. The number of rotatable bonds is 3. The molecule has 2 atom stereocenters. The van der Waals surface area contributed by atoms with Crippen molar-refractivity contribution in [3.05, 3.63) is 34.9 Å². The lowest BCUT2D eigenvalue weighted by Gasteiger charge is -2.19. The molecule has 0 amide bonds. The normalized spacial score (nSPS) is 15.2. The molecule has 0 aliphatic heterocycles. The molecule has 1 rings (SSSR count). The van der Waals surface area contributed by atoms with Crippen LogP contribution in [0.4, 0.5) is 0 Å². The van der Waals surface area contributed by atoms with Crippen molar-refractivity contribution in [2.75, 3.05) is 7.11 Å². The van der Waals surface area contributed by atoms with Gasteiger partial charge in [0.15, 0.2) is 0 Å². The lowest BCUT2D eigenvalue weighted by atomic mass is 9.98. The summed E-state index contributed by atoms with van der Waals surface area (Å²) in [5, 5.41) is 9.97. The van der Waals surface area contributed by atoms with E-state index in [0.717, 1.165) is 16.7 Å². The summed E-state index contributed by atoms with van der Waals surface area (Å²) in [5.41, 5.74) is 3.22. The summed E-state index contributed by atoms with van der Waals surface area (Å²) in [5.74, 6) is 0. The van der Waals surface area contributed by atoms with Crippen molar-refractivity contribution in [3.63, 3.8) is 0 Å². The fraction of sp³-hybridized carbons (Fsp3) is 0.500. The van der Waals surface area contributed by atoms with Gasteiger partial charge >= 0.3 is 0 Å². The third-order valence-corrected chi connectivity index (χ3v) is 2.57. The molecule has 1 aromatic carbocycles. The number of ether oxygens (including phenoxy) is 1. The first-order valence-corrected chi connectivity index (χ1v) is 4.84. The molecule has 1 aromatic rings. The van der Waals surface area contributed by atoms with Gasteiger partial charge < -0.3 is 9.84 Å². The highest BCUT2D eigenvalue weighted by molar-refractivity contribution is 5.32. The molecule has 2 nitrogen and oxygen atoms in total. The van der Waals surface area contributed by atoms with Gasteiger partial charge in [0, 0.05) is 7.11 Å². The first-order chi connectivity index (χ1) is 6.56. The summed E-state index contributed by atoms with van der Waals surface area (Å²) in [6.07, 6.45) is -0.713. The molecule has 0 saturated heterocycles. The van der Waals surface area contributed by atoms with Crippen LogP contribution in [0.25, 0.3) is 0 Å². The lowest BCUT2D eigenvalue weighted by Crippen LogP contribution is -2.17. The van der Waals surface area contributed by atoms with Gasteiger partial charge in [-0.25, -0.2) is 0 Å². The van der Waals surface area contributed by atoms with Crippen LogP contribution in [0.3, 0.4) is 0 Å². The van der Waals surface area contributed by atoms with Gasteiger partial charge in [0.1, 0.15) is 6.10 Å². The molecule has 0 saturated carbocycles. The Balaban J connectivity index is 2.99. The summed E-state index contributed by atoms with van der Waals surface area (Å²) in [7, 11) is 1.61. The molecule has 0 aliphatic carbocycles. The molecule has 0 aromatic heterocycles. The monoisotopic (exact) mass is 194 g/mol. The van der Waals surface area contributed by atoms with Crippen molar-refractivity contribution < 1.29 is 9.84 Å². The third-order valence-electron chi connectivity index (χ3n) is 2.57. The molecule has 0 radical (unpaired) electrons. The van der Waals surface area contributed by atoms with Crippen LogP contribution in [0.5, 0.6) is 0 Å². The van der Waals surface area contributed by atoms with Gasteiger partial charge in [-0.1, -0.05) is 23.8 Å². The maximum absolute atomic E-state index is 9.97. The Morgan fingerprint density at radius 1 is 1.29 bits per heavy atom. The molecule has 78 valence electrons. The van der Waals surface area contributed by atoms with Gasteiger partial charge in [-0.3, -0.25) is 0 Å². The minimum absolute atomic E-state index is 0.171. The van der Waals surface area contributed by atoms with Crippen LogP contribution in [0.1, 0.15) is 29.7 Å². The number of hydrogen-bond donors (Lipinski definition) is 1. The van der Waals surface area contributed by atoms with Crippen molar-refractivity contribution in [2.45, 2.75) is 33.0 Å². The Hall–Kier alpha value is -0.860. The van der Waals surface area contributed by atoms with Crippen molar-refractivity contribution in [1.29, 1.82) is 0 Å². The van der Waals surface area contributed by atoms with Crippen LogP contribution >= 0.6 is 0 Å². The number of hydrogen-bond acceptors (Lipinski definition) is 2. The maximum Gasteiger partial charge on any atom is 0.105 e. The fourth-order valence-electron chi connectivity index (χ4n) is 1.46. The van der Waals surface area contributed by atoms with Crippen LogP contribution in [0, 0.1) is 13.8 Å². The zero-order valence-electron chi connectivity index (χ0n) is 9.24. The zero-order valence-corrected chi connectivity index (χ0v) is 9.24. The SMILES string of the molecule is COC(C)C(O)c1cc(C)ccc1C. The van der Waals surface area contributed by atoms with Gasteiger partial charge in [-0.05, 0) is 31.9 Å². The van der Waals surface area contributed by atoms with Crippen LogP contribution in [-0.2, 0) is 4.74 Å². The van der Waals surface area contributed by atoms with Gasteiger partial charge in [0.05, 0.1) is 6.10 Å². The molecule has 0 bridgehead atoms. The quantitative estimate of drug-likeness (QED) is 0.800. The molecular formula is C12H18O2. The number of aryl methyl sites for hydroxylation is 2. The van der Waals surface area contributed by atoms with E-state index in [2.05, 4.69) is 0 Å². The number of aliphatic hydroxyl groups excluding tert-OH is 1. The fourth-order valence-corrected chi connectivity index (χ4v) is 1.46. The Labute approximate surface area is 85.5 Å². The van der Waals surface area contributed by atoms with E-state index < -0.39 is 6.10 Å². The van der Waals surface area contributed by atoms with Crippen LogP contribution < -0.4 is 0 Å². The summed E-state index contributed by atoms with van der Waals surface area (Å²) < 4.78 is 5.11. The van der Waals surface area contributed by atoms with Gasteiger partial charge in [-0.15, -0.1) is 0 Å². The Morgan fingerprint density at radius 3 is 2.50 bits per heavy atom. The van der Waals surface area contributed by atoms with Gasteiger partial charge in [-0.2, -0.15) is 0 Å². The minimum Gasteiger partial charge on any atom is -0.386 e. The van der Waals surface area contributed by atoms with Gasteiger partial charge in [0.2, 0.25) is 0 Å². The highest BCUT2D eigenvalue weighted by Gasteiger charge is 2.17. The van der Waals surface area contributed by atoms with Crippen molar-refractivity contribution in [1.82, 2.24) is 0 Å². The predicted molar refractivity (Wildman–Crippen MR) is 57.3 cm³/mol. The minimum atomic E-state index is -0.542. The van der Waals surface area contributed by atoms with Crippen LogP contribution in [0.2, 0.25) is 0 Å². The predicted octanol–water partition coefficient (Wildman–Crippen LogP) is 2.37. The Kier molecular flexibility index (Phi) is 3.67.